The zero-order valence-electron chi connectivity index (χ0n) is 14.4. The van der Waals surface area contributed by atoms with Crippen molar-refractivity contribution >= 4 is 11.9 Å². The van der Waals surface area contributed by atoms with E-state index in [-0.39, 0.29) is 11.8 Å². The lowest BCUT2D eigenvalue weighted by Crippen LogP contribution is -2.42. The molecular weight excluding hydrogens is 352 g/mol. The third-order valence-corrected chi connectivity index (χ3v) is 4.68. The summed E-state index contributed by atoms with van der Waals surface area (Å²) in [6.45, 7) is 0.540. The molecule has 1 aliphatic rings. The second-order valence-corrected chi connectivity index (χ2v) is 6.50. The van der Waals surface area contributed by atoms with Crippen LogP contribution in [0.3, 0.4) is 0 Å². The second kappa shape index (κ2) is 7.22. The van der Waals surface area contributed by atoms with Gasteiger partial charge in [-0.3, -0.25) is 14.7 Å². The van der Waals surface area contributed by atoms with Crippen molar-refractivity contribution in [3.05, 3.63) is 59.9 Å². The van der Waals surface area contributed by atoms with Gasteiger partial charge in [-0.15, -0.1) is 0 Å². The highest BCUT2D eigenvalue weighted by molar-refractivity contribution is 5.94. The highest BCUT2D eigenvalue weighted by Gasteiger charge is 2.31. The number of pyridine rings is 1. The third-order valence-electron chi connectivity index (χ3n) is 4.68. The minimum absolute atomic E-state index is 0.0941. The molecule has 1 saturated heterocycles. The van der Waals surface area contributed by atoms with Crippen LogP contribution in [0, 0.1) is 17.6 Å². The van der Waals surface area contributed by atoms with Crippen LogP contribution in [0.25, 0.3) is 11.4 Å². The van der Waals surface area contributed by atoms with E-state index in [1.807, 2.05) is 0 Å². The lowest BCUT2D eigenvalue weighted by molar-refractivity contribution is -0.123. The fourth-order valence-electron chi connectivity index (χ4n) is 3.30. The standard InChI is InChI=1S/C19H17F2N5O/c20-15-4-3-12(11-16(15)21)10-14-2-1-9-26(18(14)27)19-23-17(24-25-19)13-5-7-22-8-6-13/h3-8,11,14H,1-2,9-10H2,(H,23,24,25). The van der Waals surface area contributed by atoms with Gasteiger partial charge in [0.25, 0.3) is 0 Å². The van der Waals surface area contributed by atoms with Gasteiger partial charge in [0.15, 0.2) is 17.5 Å². The maximum absolute atomic E-state index is 13.4. The topological polar surface area (TPSA) is 74.8 Å². The first-order valence-electron chi connectivity index (χ1n) is 8.70. The first-order valence-corrected chi connectivity index (χ1v) is 8.70. The number of halogens is 2. The van der Waals surface area contributed by atoms with Crippen LogP contribution in [-0.4, -0.2) is 32.6 Å². The van der Waals surface area contributed by atoms with Crippen LogP contribution < -0.4 is 4.90 Å². The summed E-state index contributed by atoms with van der Waals surface area (Å²) in [7, 11) is 0. The predicted octanol–water partition coefficient (Wildman–Crippen LogP) is 3.13. The van der Waals surface area contributed by atoms with Crippen LogP contribution >= 0.6 is 0 Å². The van der Waals surface area contributed by atoms with Gasteiger partial charge in [-0.2, -0.15) is 10.1 Å². The van der Waals surface area contributed by atoms with Gasteiger partial charge in [0.2, 0.25) is 11.9 Å². The number of rotatable bonds is 4. The zero-order valence-corrected chi connectivity index (χ0v) is 14.4. The molecule has 3 heterocycles. The maximum Gasteiger partial charge on any atom is 0.232 e. The van der Waals surface area contributed by atoms with Crippen molar-refractivity contribution in [2.45, 2.75) is 19.3 Å². The van der Waals surface area contributed by atoms with Crippen molar-refractivity contribution in [1.29, 1.82) is 0 Å². The molecule has 1 amide bonds. The number of nitrogens with one attached hydrogen (secondary N) is 1. The van der Waals surface area contributed by atoms with Gasteiger partial charge in [-0.25, -0.2) is 13.9 Å². The minimum atomic E-state index is -0.898. The first-order chi connectivity index (χ1) is 13.1. The molecule has 27 heavy (non-hydrogen) atoms. The molecule has 4 rings (SSSR count). The molecule has 6 nitrogen and oxygen atoms in total. The summed E-state index contributed by atoms with van der Waals surface area (Å²) >= 11 is 0. The van der Waals surface area contributed by atoms with E-state index < -0.39 is 11.6 Å². The van der Waals surface area contributed by atoms with Crippen molar-refractivity contribution in [2.75, 3.05) is 11.4 Å². The number of nitrogens with zero attached hydrogens (tertiary/aromatic N) is 4. The lowest BCUT2D eigenvalue weighted by atomic mass is 9.90. The molecule has 138 valence electrons. The van der Waals surface area contributed by atoms with Crippen LogP contribution in [-0.2, 0) is 11.2 Å². The van der Waals surface area contributed by atoms with Gasteiger partial charge in [0.05, 0.1) is 0 Å². The molecule has 0 spiro atoms. The fraction of sp³-hybridized carbons (Fsp3) is 0.263. The van der Waals surface area contributed by atoms with Crippen molar-refractivity contribution in [3.8, 4) is 11.4 Å². The smallest absolute Gasteiger partial charge is 0.232 e. The molecule has 1 atom stereocenters. The Labute approximate surface area is 154 Å². The molecule has 0 radical (unpaired) electrons. The first kappa shape index (κ1) is 17.3. The Morgan fingerprint density at radius 3 is 2.74 bits per heavy atom. The summed E-state index contributed by atoms with van der Waals surface area (Å²) in [5, 5.41) is 7.00. The molecular formula is C19H17F2N5O. The normalized spacial score (nSPS) is 17.3. The van der Waals surface area contributed by atoms with Gasteiger partial charge >= 0.3 is 0 Å². The summed E-state index contributed by atoms with van der Waals surface area (Å²) < 4.78 is 26.5. The van der Waals surface area contributed by atoms with E-state index in [9.17, 15) is 13.6 Å². The summed E-state index contributed by atoms with van der Waals surface area (Å²) in [5.74, 6) is -1.31. The highest BCUT2D eigenvalue weighted by Crippen LogP contribution is 2.26. The molecule has 1 aliphatic heterocycles. The number of hydrogen-bond donors (Lipinski definition) is 1. The summed E-state index contributed by atoms with van der Waals surface area (Å²) in [6.07, 6.45) is 5.15. The van der Waals surface area contributed by atoms with E-state index in [1.165, 1.54) is 6.07 Å². The van der Waals surface area contributed by atoms with Gasteiger partial charge in [0.1, 0.15) is 0 Å². The molecule has 0 aliphatic carbocycles. The molecule has 1 N–H and O–H groups in total. The van der Waals surface area contributed by atoms with Crippen molar-refractivity contribution in [2.24, 2.45) is 5.92 Å². The molecule has 3 aromatic rings. The van der Waals surface area contributed by atoms with Crippen molar-refractivity contribution in [1.82, 2.24) is 20.2 Å². The second-order valence-electron chi connectivity index (χ2n) is 6.50. The Bertz CT molecular complexity index is 960. The fourth-order valence-corrected chi connectivity index (χ4v) is 3.30. The molecule has 0 bridgehead atoms. The van der Waals surface area contributed by atoms with Gasteiger partial charge in [0, 0.05) is 30.4 Å². The number of carbonyl (C=O) groups excluding carboxylic acids is 1. The van der Waals surface area contributed by atoms with E-state index in [2.05, 4.69) is 20.2 Å². The van der Waals surface area contributed by atoms with Crippen molar-refractivity contribution < 1.29 is 13.6 Å². The van der Waals surface area contributed by atoms with Crippen LogP contribution in [0.2, 0.25) is 0 Å². The molecule has 2 aromatic heterocycles. The van der Waals surface area contributed by atoms with Crippen LogP contribution in [0.5, 0.6) is 0 Å². The number of aromatic amines is 1. The van der Waals surface area contributed by atoms with Gasteiger partial charge in [-0.1, -0.05) is 6.07 Å². The lowest BCUT2D eigenvalue weighted by Gasteiger charge is -2.30. The van der Waals surface area contributed by atoms with Gasteiger partial charge < -0.3 is 0 Å². The number of carbonyl (C=O) groups is 1. The average Bonchev–Trinajstić information content (AvgIpc) is 3.17. The Morgan fingerprint density at radius 2 is 1.96 bits per heavy atom. The Kier molecular flexibility index (Phi) is 4.62. The average molecular weight is 369 g/mol. The maximum atomic E-state index is 13.4. The van der Waals surface area contributed by atoms with Crippen LogP contribution in [0.1, 0.15) is 18.4 Å². The Balaban J connectivity index is 1.52. The minimum Gasteiger partial charge on any atom is -0.281 e. The van der Waals surface area contributed by atoms with E-state index in [1.54, 1.807) is 29.4 Å². The largest absolute Gasteiger partial charge is 0.281 e. The number of piperidine rings is 1. The molecule has 1 fully saturated rings. The number of amides is 1. The Hall–Kier alpha value is -3.16. The quantitative estimate of drug-likeness (QED) is 0.767. The van der Waals surface area contributed by atoms with Crippen LogP contribution in [0.4, 0.5) is 14.7 Å². The summed E-state index contributed by atoms with van der Waals surface area (Å²) in [4.78, 5) is 22.8. The van der Waals surface area contributed by atoms with Crippen LogP contribution in [0.15, 0.2) is 42.7 Å². The van der Waals surface area contributed by atoms with E-state index in [0.29, 0.717) is 36.7 Å². The number of hydrogen-bond acceptors (Lipinski definition) is 4. The van der Waals surface area contributed by atoms with Gasteiger partial charge in [-0.05, 0) is 49.1 Å². The molecule has 0 saturated carbocycles. The van der Waals surface area contributed by atoms with E-state index in [4.69, 9.17) is 0 Å². The summed E-state index contributed by atoms with van der Waals surface area (Å²) in [5.41, 5.74) is 1.40. The molecule has 8 heteroatoms. The molecule has 1 aromatic carbocycles. The SMILES string of the molecule is O=C1C(Cc2ccc(F)c(F)c2)CCCN1c1nc(-c2ccncc2)n[nH]1. The monoisotopic (exact) mass is 369 g/mol. The van der Waals surface area contributed by atoms with E-state index in [0.717, 1.165) is 24.1 Å². The zero-order chi connectivity index (χ0) is 18.8. The summed E-state index contributed by atoms with van der Waals surface area (Å²) in [6, 6.07) is 7.33. The number of H-pyrrole nitrogens is 1. The van der Waals surface area contributed by atoms with E-state index >= 15 is 0 Å². The Morgan fingerprint density at radius 1 is 1.15 bits per heavy atom. The van der Waals surface area contributed by atoms with Crippen molar-refractivity contribution in [3.63, 3.8) is 0 Å². The number of anilines is 1. The highest BCUT2D eigenvalue weighted by atomic mass is 19.2. The number of aromatic nitrogens is 4. The third kappa shape index (κ3) is 3.55. The number of benzene rings is 1. The molecule has 1 unspecified atom stereocenters. The predicted molar refractivity (Wildman–Crippen MR) is 94.8 cm³/mol.